The minimum Gasteiger partial charge on any atom is -0.263 e. The lowest BCUT2D eigenvalue weighted by Crippen LogP contribution is -1.98. The molecule has 0 fully saturated rings. The van der Waals surface area contributed by atoms with E-state index in [9.17, 15) is 0 Å². The zero-order chi connectivity index (χ0) is 10.8. The maximum Gasteiger partial charge on any atom is 0.134 e. The first-order chi connectivity index (χ1) is 7.30. The third-order valence-electron chi connectivity index (χ3n) is 2.61. The van der Waals surface area contributed by atoms with Crippen molar-refractivity contribution in [2.24, 2.45) is 0 Å². The molecule has 0 unspecified atom stereocenters. The van der Waals surface area contributed by atoms with Gasteiger partial charge in [-0.15, -0.1) is 5.10 Å². The summed E-state index contributed by atoms with van der Waals surface area (Å²) in [6.07, 6.45) is 1.82. The Bertz CT molecular complexity index is 473. The van der Waals surface area contributed by atoms with Crippen LogP contribution in [0, 0.1) is 0 Å². The number of hydrogen-bond donors (Lipinski definition) is 0. The predicted octanol–water partition coefficient (Wildman–Crippen LogP) is 1.97. The van der Waals surface area contributed by atoms with E-state index in [1.165, 1.54) is 0 Å². The first kappa shape index (κ1) is 10.1. The molecule has 0 saturated carbocycles. The molecule has 0 aliphatic heterocycles. The molecule has 80 valence electrons. The first-order valence-electron chi connectivity index (χ1n) is 5.52. The molecule has 2 aromatic heterocycles. The SMILES string of the molecule is CCc1cc2c(nn1)c(CC)nn2CC. The van der Waals surface area contributed by atoms with Crippen molar-refractivity contribution >= 4 is 11.0 Å². The van der Waals surface area contributed by atoms with E-state index >= 15 is 0 Å². The summed E-state index contributed by atoms with van der Waals surface area (Å²) in [7, 11) is 0. The van der Waals surface area contributed by atoms with Crippen LogP contribution in [-0.4, -0.2) is 20.0 Å². The Labute approximate surface area is 89.3 Å². The molecule has 0 radical (unpaired) electrons. The maximum absolute atomic E-state index is 4.52. The summed E-state index contributed by atoms with van der Waals surface area (Å²) in [6.45, 7) is 7.16. The Morgan fingerprint density at radius 1 is 1.13 bits per heavy atom. The third-order valence-corrected chi connectivity index (χ3v) is 2.61. The smallest absolute Gasteiger partial charge is 0.134 e. The van der Waals surface area contributed by atoms with Gasteiger partial charge >= 0.3 is 0 Å². The van der Waals surface area contributed by atoms with Crippen LogP contribution in [-0.2, 0) is 19.4 Å². The molecule has 0 amide bonds. The second-order valence-electron chi connectivity index (χ2n) is 3.54. The van der Waals surface area contributed by atoms with Crippen LogP contribution in [0.15, 0.2) is 6.07 Å². The van der Waals surface area contributed by atoms with Crippen LogP contribution >= 0.6 is 0 Å². The van der Waals surface area contributed by atoms with Gasteiger partial charge in [-0.1, -0.05) is 13.8 Å². The van der Waals surface area contributed by atoms with Crippen molar-refractivity contribution in [2.75, 3.05) is 0 Å². The van der Waals surface area contributed by atoms with Crippen molar-refractivity contribution in [3.05, 3.63) is 17.5 Å². The van der Waals surface area contributed by atoms with Gasteiger partial charge in [-0.25, -0.2) is 0 Å². The van der Waals surface area contributed by atoms with Crippen molar-refractivity contribution in [1.29, 1.82) is 0 Å². The van der Waals surface area contributed by atoms with E-state index in [1.807, 2.05) is 4.68 Å². The number of nitrogens with zero attached hydrogens (tertiary/aromatic N) is 4. The molecule has 4 heteroatoms. The molecule has 15 heavy (non-hydrogen) atoms. The quantitative estimate of drug-likeness (QED) is 0.767. The lowest BCUT2D eigenvalue weighted by atomic mass is 10.2. The standard InChI is InChI=1S/C11H16N4/c1-4-8-7-10-11(13-12-8)9(5-2)14-15(10)6-3/h7H,4-6H2,1-3H3. The largest absolute Gasteiger partial charge is 0.263 e. The highest BCUT2D eigenvalue weighted by atomic mass is 15.3. The highest BCUT2D eigenvalue weighted by molar-refractivity contribution is 5.77. The average Bonchev–Trinajstić information content (AvgIpc) is 2.65. The van der Waals surface area contributed by atoms with Crippen molar-refractivity contribution < 1.29 is 0 Å². The molecule has 2 aromatic rings. The third kappa shape index (κ3) is 1.60. The maximum atomic E-state index is 4.52. The Balaban J connectivity index is 2.68. The van der Waals surface area contributed by atoms with Gasteiger partial charge in [0, 0.05) is 6.54 Å². The van der Waals surface area contributed by atoms with Gasteiger partial charge in [0.1, 0.15) is 5.52 Å². The Hall–Kier alpha value is -1.45. The van der Waals surface area contributed by atoms with Crippen LogP contribution in [0.4, 0.5) is 0 Å². The van der Waals surface area contributed by atoms with Crippen LogP contribution in [0.2, 0.25) is 0 Å². The summed E-state index contributed by atoms with van der Waals surface area (Å²) < 4.78 is 2.00. The normalized spacial score (nSPS) is 11.1. The van der Waals surface area contributed by atoms with Crippen LogP contribution < -0.4 is 0 Å². The molecule has 2 rings (SSSR count). The van der Waals surface area contributed by atoms with Crippen molar-refractivity contribution in [3.8, 4) is 0 Å². The lowest BCUT2D eigenvalue weighted by Gasteiger charge is -1.98. The molecule has 0 aliphatic carbocycles. The summed E-state index contributed by atoms with van der Waals surface area (Å²) in [5.41, 5.74) is 4.14. The molecule has 0 aromatic carbocycles. The van der Waals surface area contributed by atoms with E-state index in [4.69, 9.17) is 0 Å². The van der Waals surface area contributed by atoms with Gasteiger partial charge in [0.15, 0.2) is 0 Å². The average molecular weight is 204 g/mol. The van der Waals surface area contributed by atoms with Gasteiger partial charge in [-0.2, -0.15) is 10.2 Å². The van der Waals surface area contributed by atoms with Crippen molar-refractivity contribution in [1.82, 2.24) is 20.0 Å². The molecule has 2 heterocycles. The van der Waals surface area contributed by atoms with Gasteiger partial charge in [-0.3, -0.25) is 4.68 Å². The summed E-state index contributed by atoms with van der Waals surface area (Å²) in [5, 5.41) is 13.0. The Kier molecular flexibility index (Phi) is 2.66. The zero-order valence-electron chi connectivity index (χ0n) is 9.49. The minimum absolute atomic E-state index is 0.880. The first-order valence-corrected chi connectivity index (χ1v) is 5.52. The van der Waals surface area contributed by atoms with Gasteiger partial charge in [0.05, 0.1) is 16.9 Å². The van der Waals surface area contributed by atoms with Gasteiger partial charge in [-0.05, 0) is 25.8 Å². The molecular formula is C11H16N4. The number of aryl methyl sites for hydroxylation is 3. The van der Waals surface area contributed by atoms with Gasteiger partial charge in [0.2, 0.25) is 0 Å². The van der Waals surface area contributed by atoms with Crippen molar-refractivity contribution in [2.45, 2.75) is 40.2 Å². The summed E-state index contributed by atoms with van der Waals surface area (Å²) >= 11 is 0. The number of aromatic nitrogens is 4. The molecule has 0 saturated heterocycles. The van der Waals surface area contributed by atoms with Gasteiger partial charge in [0.25, 0.3) is 0 Å². The highest BCUT2D eigenvalue weighted by Gasteiger charge is 2.10. The predicted molar refractivity (Wildman–Crippen MR) is 59.8 cm³/mol. The molecule has 0 bridgehead atoms. The second-order valence-corrected chi connectivity index (χ2v) is 3.54. The number of rotatable bonds is 3. The molecule has 0 aliphatic rings. The zero-order valence-corrected chi connectivity index (χ0v) is 9.49. The van der Waals surface area contributed by atoms with Gasteiger partial charge < -0.3 is 0 Å². The molecule has 0 atom stereocenters. The minimum atomic E-state index is 0.880. The van der Waals surface area contributed by atoms with E-state index in [-0.39, 0.29) is 0 Å². The molecule has 0 spiro atoms. The molecule has 0 N–H and O–H groups in total. The Morgan fingerprint density at radius 2 is 1.93 bits per heavy atom. The monoisotopic (exact) mass is 204 g/mol. The fraction of sp³-hybridized carbons (Fsp3) is 0.545. The fourth-order valence-corrected chi connectivity index (χ4v) is 1.72. The van der Waals surface area contributed by atoms with E-state index in [0.29, 0.717) is 0 Å². The lowest BCUT2D eigenvalue weighted by molar-refractivity contribution is 0.669. The number of fused-ring (bicyclic) bond motifs is 1. The molecular weight excluding hydrogens is 188 g/mol. The van der Waals surface area contributed by atoms with E-state index in [1.54, 1.807) is 0 Å². The summed E-state index contributed by atoms with van der Waals surface area (Å²) in [6, 6.07) is 2.10. The van der Waals surface area contributed by atoms with E-state index in [0.717, 1.165) is 41.8 Å². The van der Waals surface area contributed by atoms with Crippen LogP contribution in [0.3, 0.4) is 0 Å². The van der Waals surface area contributed by atoms with E-state index < -0.39 is 0 Å². The summed E-state index contributed by atoms with van der Waals surface area (Å²) in [5.74, 6) is 0. The van der Waals surface area contributed by atoms with Crippen LogP contribution in [0.25, 0.3) is 11.0 Å². The topological polar surface area (TPSA) is 43.6 Å². The highest BCUT2D eigenvalue weighted by Crippen LogP contribution is 2.16. The van der Waals surface area contributed by atoms with Crippen molar-refractivity contribution in [3.63, 3.8) is 0 Å². The van der Waals surface area contributed by atoms with Crippen LogP contribution in [0.1, 0.15) is 32.2 Å². The molecule has 4 nitrogen and oxygen atoms in total. The second kappa shape index (κ2) is 3.96. The van der Waals surface area contributed by atoms with Crippen LogP contribution in [0.5, 0.6) is 0 Å². The van der Waals surface area contributed by atoms with E-state index in [2.05, 4.69) is 42.1 Å². The summed E-state index contributed by atoms with van der Waals surface area (Å²) in [4.78, 5) is 0. The number of hydrogen-bond acceptors (Lipinski definition) is 3. The fourth-order valence-electron chi connectivity index (χ4n) is 1.72. The Morgan fingerprint density at radius 3 is 2.53 bits per heavy atom.